The maximum absolute atomic E-state index is 12.5. The molecule has 1 atom stereocenters. The third-order valence-corrected chi connectivity index (χ3v) is 5.53. The lowest BCUT2D eigenvalue weighted by atomic mass is 9.84. The van der Waals surface area contributed by atoms with Crippen molar-refractivity contribution in [1.29, 1.82) is 0 Å². The van der Waals surface area contributed by atoms with Crippen molar-refractivity contribution in [1.82, 2.24) is 15.2 Å². The number of nitrogens with zero attached hydrogens (tertiary/aromatic N) is 1. The number of hydrogen-bond donors (Lipinski definition) is 2. The van der Waals surface area contributed by atoms with Crippen LogP contribution in [0.25, 0.3) is 11.3 Å². The van der Waals surface area contributed by atoms with Crippen LogP contribution in [0.3, 0.4) is 0 Å². The first kappa shape index (κ1) is 15.0. The molecule has 0 saturated carbocycles. The highest BCUT2D eigenvalue weighted by Crippen LogP contribution is 2.28. The van der Waals surface area contributed by atoms with Crippen LogP contribution >= 0.6 is 15.9 Å². The number of fused-ring (bicyclic) bond motifs is 3. The first-order valence-corrected chi connectivity index (χ1v) is 8.96. The highest BCUT2D eigenvalue weighted by Gasteiger charge is 2.35. The second-order valence-electron chi connectivity index (χ2n) is 6.51. The van der Waals surface area contributed by atoms with Crippen molar-refractivity contribution in [3.63, 3.8) is 0 Å². The molecule has 2 bridgehead atoms. The number of carbonyl (C=O) groups excluding carboxylic acids is 1. The number of amides is 1. The first-order chi connectivity index (χ1) is 11.2. The van der Waals surface area contributed by atoms with Gasteiger partial charge in [0.25, 0.3) is 5.91 Å². The molecule has 23 heavy (non-hydrogen) atoms. The van der Waals surface area contributed by atoms with Gasteiger partial charge in [0, 0.05) is 22.8 Å². The lowest BCUT2D eigenvalue weighted by Crippen LogP contribution is -2.57. The number of piperidine rings is 3. The van der Waals surface area contributed by atoms with Crippen LogP contribution in [0.1, 0.15) is 23.3 Å². The van der Waals surface area contributed by atoms with Gasteiger partial charge in [0.15, 0.2) is 0 Å². The topological polar surface area (TPSA) is 48.1 Å². The summed E-state index contributed by atoms with van der Waals surface area (Å²) < 4.78 is 1.03. The Balaban J connectivity index is 1.47. The zero-order valence-electron chi connectivity index (χ0n) is 12.9. The fourth-order valence-electron chi connectivity index (χ4n) is 3.73. The summed E-state index contributed by atoms with van der Waals surface area (Å²) in [4.78, 5) is 18.2. The third kappa shape index (κ3) is 3.08. The molecule has 5 rings (SSSR count). The van der Waals surface area contributed by atoms with Crippen LogP contribution in [0, 0.1) is 5.92 Å². The minimum Gasteiger partial charge on any atom is -0.351 e. The molecule has 3 aliphatic heterocycles. The van der Waals surface area contributed by atoms with E-state index in [-0.39, 0.29) is 5.91 Å². The Kier molecular flexibility index (Phi) is 3.99. The Hall–Kier alpha value is -1.59. The van der Waals surface area contributed by atoms with E-state index in [4.69, 9.17) is 0 Å². The molecule has 0 aliphatic carbocycles. The second-order valence-corrected chi connectivity index (χ2v) is 7.43. The van der Waals surface area contributed by atoms with Gasteiger partial charge in [-0.25, -0.2) is 0 Å². The summed E-state index contributed by atoms with van der Waals surface area (Å²) in [5, 5.41) is 3.22. The number of nitrogens with one attached hydrogen (secondary N) is 2. The molecule has 0 unspecified atom stereocenters. The van der Waals surface area contributed by atoms with Gasteiger partial charge in [0.05, 0.1) is 0 Å². The van der Waals surface area contributed by atoms with Crippen molar-refractivity contribution in [2.24, 2.45) is 5.92 Å². The molecule has 3 fully saturated rings. The molecule has 3 aliphatic rings. The SMILES string of the molecule is O=C(N[C@H]1CN2CCC1CC2)c1ccc(-c2cccc(Br)c2)[nH]1. The van der Waals surface area contributed by atoms with E-state index >= 15 is 0 Å². The Bertz CT molecular complexity index is 719. The van der Waals surface area contributed by atoms with Crippen LogP contribution in [-0.2, 0) is 0 Å². The summed E-state index contributed by atoms with van der Waals surface area (Å²) >= 11 is 3.48. The zero-order valence-corrected chi connectivity index (χ0v) is 14.5. The highest BCUT2D eigenvalue weighted by atomic mass is 79.9. The van der Waals surface area contributed by atoms with Gasteiger partial charge in [-0.15, -0.1) is 0 Å². The normalized spacial score (nSPS) is 26.2. The Morgan fingerprint density at radius 3 is 2.74 bits per heavy atom. The molecule has 120 valence electrons. The van der Waals surface area contributed by atoms with Gasteiger partial charge in [0.1, 0.15) is 5.69 Å². The highest BCUT2D eigenvalue weighted by molar-refractivity contribution is 9.10. The lowest BCUT2D eigenvalue weighted by molar-refractivity contribution is 0.0618. The van der Waals surface area contributed by atoms with Crippen molar-refractivity contribution in [2.75, 3.05) is 19.6 Å². The largest absolute Gasteiger partial charge is 0.351 e. The minimum atomic E-state index is 0.00463. The van der Waals surface area contributed by atoms with E-state index in [2.05, 4.69) is 31.1 Å². The molecular formula is C18H20BrN3O. The third-order valence-electron chi connectivity index (χ3n) is 5.04. The molecule has 1 aromatic carbocycles. The standard InChI is InChI=1S/C18H20BrN3O/c19-14-3-1-2-13(10-14)15-4-5-16(20-15)18(23)21-17-11-22-8-6-12(17)7-9-22/h1-5,10,12,17,20H,6-9,11H2,(H,21,23)/t17-/m0/s1. The van der Waals surface area contributed by atoms with E-state index in [1.165, 1.54) is 25.9 Å². The lowest BCUT2D eigenvalue weighted by Gasteiger charge is -2.44. The summed E-state index contributed by atoms with van der Waals surface area (Å²) in [5.41, 5.74) is 2.67. The predicted octanol–water partition coefficient (Wildman–Crippen LogP) is 3.27. The Morgan fingerprint density at radius 2 is 2.04 bits per heavy atom. The van der Waals surface area contributed by atoms with Crippen molar-refractivity contribution in [3.8, 4) is 11.3 Å². The minimum absolute atomic E-state index is 0.00463. The van der Waals surface area contributed by atoms with Crippen LogP contribution < -0.4 is 5.32 Å². The van der Waals surface area contributed by atoms with Gasteiger partial charge in [-0.05, 0) is 61.7 Å². The van der Waals surface area contributed by atoms with Crippen molar-refractivity contribution >= 4 is 21.8 Å². The average molecular weight is 374 g/mol. The number of carbonyl (C=O) groups is 1. The fourth-order valence-corrected chi connectivity index (χ4v) is 4.13. The predicted molar refractivity (Wildman–Crippen MR) is 94.3 cm³/mol. The molecule has 2 N–H and O–H groups in total. The summed E-state index contributed by atoms with van der Waals surface area (Å²) in [7, 11) is 0. The van der Waals surface area contributed by atoms with Crippen LogP contribution in [0.5, 0.6) is 0 Å². The number of H-pyrrole nitrogens is 1. The van der Waals surface area contributed by atoms with Crippen LogP contribution in [0.2, 0.25) is 0 Å². The van der Waals surface area contributed by atoms with Gasteiger partial charge >= 0.3 is 0 Å². The molecule has 4 heterocycles. The van der Waals surface area contributed by atoms with Crippen molar-refractivity contribution < 1.29 is 4.79 Å². The molecule has 1 amide bonds. The summed E-state index contributed by atoms with van der Waals surface area (Å²) in [6.07, 6.45) is 2.41. The first-order valence-electron chi connectivity index (χ1n) is 8.17. The fraction of sp³-hybridized carbons (Fsp3) is 0.389. The molecule has 1 aromatic heterocycles. The molecular weight excluding hydrogens is 354 g/mol. The van der Waals surface area contributed by atoms with E-state index in [0.29, 0.717) is 17.7 Å². The monoisotopic (exact) mass is 373 g/mol. The van der Waals surface area contributed by atoms with Gasteiger partial charge in [-0.3, -0.25) is 4.79 Å². The van der Waals surface area contributed by atoms with Crippen molar-refractivity contribution in [2.45, 2.75) is 18.9 Å². The summed E-state index contributed by atoms with van der Waals surface area (Å²) in [5.74, 6) is 0.647. The molecule has 0 radical (unpaired) electrons. The van der Waals surface area contributed by atoms with Gasteiger partial charge < -0.3 is 15.2 Å². The van der Waals surface area contributed by atoms with Crippen LogP contribution in [-0.4, -0.2) is 41.5 Å². The number of aromatic nitrogens is 1. The number of rotatable bonds is 3. The molecule has 5 heteroatoms. The quantitative estimate of drug-likeness (QED) is 0.867. The second kappa shape index (κ2) is 6.13. The van der Waals surface area contributed by atoms with E-state index < -0.39 is 0 Å². The molecule has 4 nitrogen and oxygen atoms in total. The maximum atomic E-state index is 12.5. The van der Waals surface area contributed by atoms with Gasteiger partial charge in [-0.2, -0.15) is 0 Å². The smallest absolute Gasteiger partial charge is 0.267 e. The Morgan fingerprint density at radius 1 is 1.22 bits per heavy atom. The maximum Gasteiger partial charge on any atom is 0.267 e. The van der Waals surface area contributed by atoms with E-state index in [1.54, 1.807) is 0 Å². The summed E-state index contributed by atoms with van der Waals surface area (Å²) in [6, 6.07) is 12.2. The zero-order chi connectivity index (χ0) is 15.8. The van der Waals surface area contributed by atoms with E-state index in [0.717, 1.165) is 22.3 Å². The Labute approximate surface area is 144 Å². The van der Waals surface area contributed by atoms with Gasteiger partial charge in [-0.1, -0.05) is 28.1 Å². The average Bonchev–Trinajstić information content (AvgIpc) is 3.06. The van der Waals surface area contributed by atoms with E-state index in [9.17, 15) is 4.79 Å². The van der Waals surface area contributed by atoms with Crippen molar-refractivity contribution in [3.05, 3.63) is 46.6 Å². The number of halogens is 1. The number of benzene rings is 1. The number of aromatic amines is 1. The number of hydrogen-bond acceptors (Lipinski definition) is 2. The van der Waals surface area contributed by atoms with E-state index in [1.807, 2.05) is 36.4 Å². The van der Waals surface area contributed by atoms with Crippen LogP contribution in [0.4, 0.5) is 0 Å². The summed E-state index contributed by atoms with van der Waals surface area (Å²) in [6.45, 7) is 3.37. The van der Waals surface area contributed by atoms with Crippen LogP contribution in [0.15, 0.2) is 40.9 Å². The molecule has 0 spiro atoms. The van der Waals surface area contributed by atoms with Gasteiger partial charge in [0.2, 0.25) is 0 Å². The molecule has 2 aromatic rings. The molecule has 3 saturated heterocycles.